The molecule has 0 aliphatic heterocycles. The van der Waals surface area contributed by atoms with Crippen molar-refractivity contribution in [1.29, 1.82) is 0 Å². The number of carbonyl (C=O) groups excluding carboxylic acids is 1. The van der Waals surface area contributed by atoms with E-state index in [0.29, 0.717) is 5.69 Å². The first kappa shape index (κ1) is 13.2. The van der Waals surface area contributed by atoms with E-state index in [-0.39, 0.29) is 0 Å². The topological polar surface area (TPSA) is 40.5 Å². The molecule has 106 valence electrons. The second kappa shape index (κ2) is 5.32. The van der Waals surface area contributed by atoms with Crippen LogP contribution in [-0.2, 0) is 4.74 Å². The van der Waals surface area contributed by atoms with Gasteiger partial charge in [0.25, 0.3) is 0 Å². The van der Waals surface area contributed by atoms with E-state index in [9.17, 15) is 4.79 Å². The van der Waals surface area contributed by atoms with Crippen molar-refractivity contribution in [3.05, 3.63) is 60.3 Å². The van der Waals surface area contributed by atoms with Crippen molar-refractivity contribution in [1.82, 2.24) is 4.73 Å². The highest BCUT2D eigenvalue weighted by molar-refractivity contribution is 5.96. The van der Waals surface area contributed by atoms with Gasteiger partial charge in [0.1, 0.15) is 7.11 Å². The molecule has 0 aliphatic rings. The Balaban J connectivity index is 2.19. The Morgan fingerprint density at radius 1 is 0.952 bits per heavy atom. The monoisotopic (exact) mass is 281 g/mol. The van der Waals surface area contributed by atoms with Crippen LogP contribution in [0.25, 0.3) is 22.0 Å². The molecular weight excluding hydrogens is 266 g/mol. The SMILES string of the molecule is COC(=O)c1cc2ccc(-c3ccccc3)cc2n1OC. The standard InChI is InChI=1S/C17H15NO3/c1-20-17(19)16-11-14-9-8-13(10-15(14)18(16)21-2)12-6-4-3-5-7-12/h3-11H,1-2H3. The van der Waals surface area contributed by atoms with Gasteiger partial charge in [0.05, 0.1) is 12.6 Å². The van der Waals surface area contributed by atoms with Crippen LogP contribution in [0.4, 0.5) is 0 Å². The summed E-state index contributed by atoms with van der Waals surface area (Å²) in [4.78, 5) is 17.1. The van der Waals surface area contributed by atoms with Crippen LogP contribution in [-0.4, -0.2) is 24.9 Å². The number of carbonyl (C=O) groups is 1. The normalized spacial score (nSPS) is 10.6. The molecule has 3 rings (SSSR count). The Labute approximate surface area is 122 Å². The first-order valence-corrected chi connectivity index (χ1v) is 6.58. The highest BCUT2D eigenvalue weighted by Crippen LogP contribution is 2.26. The molecule has 4 nitrogen and oxygen atoms in total. The summed E-state index contributed by atoms with van der Waals surface area (Å²) in [6.07, 6.45) is 0. The van der Waals surface area contributed by atoms with Crippen LogP contribution in [0.3, 0.4) is 0 Å². The molecule has 21 heavy (non-hydrogen) atoms. The third-order valence-electron chi connectivity index (χ3n) is 3.44. The van der Waals surface area contributed by atoms with Gasteiger partial charge in [0.2, 0.25) is 0 Å². The number of benzene rings is 2. The van der Waals surface area contributed by atoms with Crippen LogP contribution < -0.4 is 4.84 Å². The average Bonchev–Trinajstić information content (AvgIpc) is 2.92. The van der Waals surface area contributed by atoms with Gasteiger partial charge in [-0.25, -0.2) is 4.79 Å². The van der Waals surface area contributed by atoms with Crippen molar-refractivity contribution in [3.63, 3.8) is 0 Å². The fourth-order valence-corrected chi connectivity index (χ4v) is 2.43. The molecule has 0 N–H and O–H groups in total. The number of nitrogens with zero attached hydrogens (tertiary/aromatic N) is 1. The predicted octanol–water partition coefficient (Wildman–Crippen LogP) is 3.15. The lowest BCUT2D eigenvalue weighted by Crippen LogP contribution is -2.14. The largest absolute Gasteiger partial charge is 0.464 e. The summed E-state index contributed by atoms with van der Waals surface area (Å²) in [5.41, 5.74) is 3.39. The van der Waals surface area contributed by atoms with Gasteiger partial charge in [-0.3, -0.25) is 0 Å². The van der Waals surface area contributed by atoms with E-state index in [2.05, 4.69) is 0 Å². The zero-order chi connectivity index (χ0) is 14.8. The zero-order valence-electron chi connectivity index (χ0n) is 11.9. The molecule has 0 saturated heterocycles. The van der Waals surface area contributed by atoms with E-state index in [1.165, 1.54) is 19.0 Å². The summed E-state index contributed by atoms with van der Waals surface area (Å²) < 4.78 is 6.28. The molecule has 1 aromatic heterocycles. The number of ether oxygens (including phenoxy) is 1. The predicted molar refractivity (Wildman–Crippen MR) is 81.2 cm³/mol. The minimum absolute atomic E-state index is 0.375. The molecular formula is C17H15NO3. The Hall–Kier alpha value is -2.75. The fraction of sp³-hybridized carbons (Fsp3) is 0.118. The van der Waals surface area contributed by atoms with E-state index in [1.54, 1.807) is 6.07 Å². The van der Waals surface area contributed by atoms with Crippen LogP contribution in [0.15, 0.2) is 54.6 Å². The van der Waals surface area contributed by atoms with Gasteiger partial charge in [-0.15, -0.1) is 0 Å². The number of fused-ring (bicyclic) bond motifs is 1. The van der Waals surface area contributed by atoms with Crippen molar-refractivity contribution in [3.8, 4) is 11.1 Å². The minimum Gasteiger partial charge on any atom is -0.464 e. The second-order valence-electron chi connectivity index (χ2n) is 4.64. The maximum Gasteiger partial charge on any atom is 0.358 e. The molecule has 0 atom stereocenters. The second-order valence-corrected chi connectivity index (χ2v) is 4.64. The van der Waals surface area contributed by atoms with Gasteiger partial charge in [-0.2, -0.15) is 4.73 Å². The molecule has 0 radical (unpaired) electrons. The Morgan fingerprint density at radius 3 is 2.38 bits per heavy atom. The van der Waals surface area contributed by atoms with E-state index < -0.39 is 5.97 Å². The summed E-state index contributed by atoms with van der Waals surface area (Å²) in [6.45, 7) is 0. The van der Waals surface area contributed by atoms with Gasteiger partial charge in [0, 0.05) is 5.39 Å². The number of methoxy groups -OCH3 is 1. The lowest BCUT2D eigenvalue weighted by molar-refractivity contribution is 0.0550. The Morgan fingerprint density at radius 2 is 1.71 bits per heavy atom. The van der Waals surface area contributed by atoms with Crippen LogP contribution in [0.5, 0.6) is 0 Å². The third kappa shape index (κ3) is 2.25. The molecule has 2 aromatic carbocycles. The summed E-state index contributed by atoms with van der Waals surface area (Å²) in [5.74, 6) is -0.422. The maximum absolute atomic E-state index is 11.8. The van der Waals surface area contributed by atoms with Crippen LogP contribution >= 0.6 is 0 Å². The number of rotatable bonds is 3. The lowest BCUT2D eigenvalue weighted by atomic mass is 10.0. The molecule has 1 heterocycles. The molecule has 0 amide bonds. The van der Waals surface area contributed by atoms with Gasteiger partial charge in [-0.05, 0) is 23.3 Å². The summed E-state index contributed by atoms with van der Waals surface area (Å²) >= 11 is 0. The highest BCUT2D eigenvalue weighted by Gasteiger charge is 2.17. The average molecular weight is 281 g/mol. The fourth-order valence-electron chi connectivity index (χ4n) is 2.43. The van der Waals surface area contributed by atoms with E-state index >= 15 is 0 Å². The first-order chi connectivity index (χ1) is 10.2. The van der Waals surface area contributed by atoms with Gasteiger partial charge in [-0.1, -0.05) is 42.5 Å². The van der Waals surface area contributed by atoms with Crippen LogP contribution in [0.1, 0.15) is 10.5 Å². The summed E-state index contributed by atoms with van der Waals surface area (Å²) in [7, 11) is 2.89. The van der Waals surface area contributed by atoms with Crippen molar-refractivity contribution < 1.29 is 14.4 Å². The van der Waals surface area contributed by atoms with E-state index in [1.807, 2.05) is 48.5 Å². The molecule has 0 spiro atoms. The molecule has 0 aliphatic carbocycles. The van der Waals surface area contributed by atoms with E-state index in [0.717, 1.165) is 22.0 Å². The zero-order valence-corrected chi connectivity index (χ0v) is 11.9. The number of hydrogen-bond donors (Lipinski definition) is 0. The van der Waals surface area contributed by atoms with Crippen molar-refractivity contribution in [2.24, 2.45) is 0 Å². The molecule has 4 heteroatoms. The summed E-state index contributed by atoms with van der Waals surface area (Å²) in [6, 6.07) is 17.8. The molecule has 0 unspecified atom stereocenters. The maximum atomic E-state index is 11.8. The number of esters is 1. The smallest absolute Gasteiger partial charge is 0.358 e. The Kier molecular flexibility index (Phi) is 3.36. The lowest BCUT2D eigenvalue weighted by Gasteiger charge is -2.08. The van der Waals surface area contributed by atoms with E-state index in [4.69, 9.17) is 9.57 Å². The molecule has 3 aromatic rings. The van der Waals surface area contributed by atoms with Gasteiger partial charge in [0.15, 0.2) is 5.69 Å². The Bertz CT molecular complexity index is 790. The van der Waals surface area contributed by atoms with Crippen LogP contribution in [0, 0.1) is 0 Å². The minimum atomic E-state index is -0.422. The van der Waals surface area contributed by atoms with Crippen molar-refractivity contribution >= 4 is 16.9 Å². The number of hydrogen-bond acceptors (Lipinski definition) is 3. The van der Waals surface area contributed by atoms with Crippen molar-refractivity contribution in [2.75, 3.05) is 14.2 Å². The summed E-state index contributed by atoms with van der Waals surface area (Å²) in [5, 5.41) is 0.928. The number of aromatic nitrogens is 1. The van der Waals surface area contributed by atoms with Gasteiger partial charge >= 0.3 is 5.97 Å². The first-order valence-electron chi connectivity index (χ1n) is 6.58. The third-order valence-corrected chi connectivity index (χ3v) is 3.44. The van der Waals surface area contributed by atoms with Gasteiger partial charge < -0.3 is 9.57 Å². The molecule has 0 saturated carbocycles. The molecule has 0 bridgehead atoms. The van der Waals surface area contributed by atoms with Crippen molar-refractivity contribution in [2.45, 2.75) is 0 Å². The van der Waals surface area contributed by atoms with Crippen LogP contribution in [0.2, 0.25) is 0 Å². The molecule has 0 fully saturated rings. The quantitative estimate of drug-likeness (QED) is 0.692. The highest BCUT2D eigenvalue weighted by atomic mass is 16.6.